The number of methoxy groups -OCH3 is 2. The summed E-state index contributed by atoms with van der Waals surface area (Å²) in [5.41, 5.74) is 0.987. The number of amides is 1. The average molecular weight is 307 g/mol. The maximum Gasteiger partial charge on any atom is 0.224 e. The molecule has 5 heteroatoms. The minimum atomic E-state index is -0.00190. The number of carbonyl (C=O) groups is 1. The van der Waals surface area contributed by atoms with Gasteiger partial charge in [-0.3, -0.25) is 4.79 Å². The summed E-state index contributed by atoms with van der Waals surface area (Å²) in [6.07, 6.45) is 3.11. The molecule has 1 saturated heterocycles. The van der Waals surface area contributed by atoms with Crippen molar-refractivity contribution in [1.82, 2.24) is 4.90 Å². The fraction of sp³-hybridized carbons (Fsp3) is 0.562. The predicted octanol–water partition coefficient (Wildman–Crippen LogP) is 3.08. The van der Waals surface area contributed by atoms with E-state index in [2.05, 4.69) is 0 Å². The summed E-state index contributed by atoms with van der Waals surface area (Å²) < 4.78 is 11.0. The Kier molecular flexibility index (Phi) is 4.29. The first kappa shape index (κ1) is 14.6. The maximum atomic E-state index is 12.4. The lowest BCUT2D eigenvalue weighted by Crippen LogP contribution is -2.38. The zero-order valence-electron chi connectivity index (χ0n) is 12.5. The molecule has 4 nitrogen and oxygen atoms in total. The van der Waals surface area contributed by atoms with E-state index in [9.17, 15) is 4.79 Å². The second-order valence-corrected chi connectivity index (χ2v) is 6.73. The Morgan fingerprint density at radius 2 is 1.90 bits per heavy atom. The van der Waals surface area contributed by atoms with Crippen LogP contribution in [0.1, 0.15) is 30.2 Å². The van der Waals surface area contributed by atoms with Gasteiger partial charge in [-0.2, -0.15) is 0 Å². The molecule has 0 N–H and O–H groups in total. The molecule has 114 valence electrons. The molecule has 1 aliphatic heterocycles. The number of hydrogen-bond acceptors (Lipinski definition) is 4. The van der Waals surface area contributed by atoms with Crippen molar-refractivity contribution in [2.75, 3.05) is 26.5 Å². The predicted molar refractivity (Wildman–Crippen MR) is 83.8 cm³/mol. The van der Waals surface area contributed by atoms with Gasteiger partial charge in [-0.1, -0.05) is 6.07 Å². The summed E-state index contributed by atoms with van der Waals surface area (Å²) in [5, 5.41) is -0.00190. The highest BCUT2D eigenvalue weighted by Crippen LogP contribution is 2.47. The van der Waals surface area contributed by atoms with Gasteiger partial charge in [0.1, 0.15) is 16.9 Å². The number of ether oxygens (including phenoxy) is 2. The minimum Gasteiger partial charge on any atom is -0.496 e. The van der Waals surface area contributed by atoms with Crippen LogP contribution in [0, 0.1) is 5.92 Å². The van der Waals surface area contributed by atoms with Gasteiger partial charge in [-0.25, -0.2) is 0 Å². The molecular weight excluding hydrogens is 286 g/mol. The van der Waals surface area contributed by atoms with Crippen molar-refractivity contribution in [3.05, 3.63) is 23.8 Å². The Hall–Kier alpha value is -1.36. The van der Waals surface area contributed by atoms with Gasteiger partial charge in [0.25, 0.3) is 0 Å². The van der Waals surface area contributed by atoms with Crippen LogP contribution in [0.2, 0.25) is 0 Å². The Morgan fingerprint density at radius 3 is 2.48 bits per heavy atom. The summed E-state index contributed by atoms with van der Waals surface area (Å²) in [6.45, 7) is 0.859. The SMILES string of the molecule is COc1cccc(OC)c1C1SCCC(=O)N1CC1CC1. The van der Waals surface area contributed by atoms with Crippen molar-refractivity contribution >= 4 is 17.7 Å². The van der Waals surface area contributed by atoms with Crippen LogP contribution >= 0.6 is 11.8 Å². The van der Waals surface area contributed by atoms with Crippen molar-refractivity contribution < 1.29 is 14.3 Å². The van der Waals surface area contributed by atoms with Gasteiger partial charge in [-0.15, -0.1) is 11.8 Å². The van der Waals surface area contributed by atoms with Crippen LogP contribution in [0.5, 0.6) is 11.5 Å². The normalized spacial score (nSPS) is 22.3. The summed E-state index contributed by atoms with van der Waals surface area (Å²) in [4.78, 5) is 14.4. The maximum absolute atomic E-state index is 12.4. The highest BCUT2D eigenvalue weighted by Gasteiger charge is 2.37. The second kappa shape index (κ2) is 6.18. The number of benzene rings is 1. The van der Waals surface area contributed by atoms with Crippen LogP contribution in [0.4, 0.5) is 0 Å². The first-order valence-corrected chi connectivity index (χ1v) is 8.41. The molecule has 3 rings (SSSR count). The van der Waals surface area contributed by atoms with E-state index in [-0.39, 0.29) is 11.3 Å². The molecule has 1 saturated carbocycles. The molecule has 1 aromatic rings. The van der Waals surface area contributed by atoms with Crippen molar-refractivity contribution in [3.63, 3.8) is 0 Å². The second-order valence-electron chi connectivity index (χ2n) is 5.54. The van der Waals surface area contributed by atoms with E-state index in [0.717, 1.165) is 29.4 Å². The molecule has 1 heterocycles. The lowest BCUT2D eigenvalue weighted by Gasteiger charge is -2.36. The Balaban J connectivity index is 1.97. The Labute approximate surface area is 129 Å². The highest BCUT2D eigenvalue weighted by atomic mass is 32.2. The average Bonchev–Trinajstić information content (AvgIpc) is 3.32. The summed E-state index contributed by atoms with van der Waals surface area (Å²) in [6, 6.07) is 5.79. The van der Waals surface area contributed by atoms with E-state index in [1.165, 1.54) is 12.8 Å². The fourth-order valence-corrected chi connectivity index (χ4v) is 4.06. The van der Waals surface area contributed by atoms with Crippen molar-refractivity contribution in [2.45, 2.75) is 24.6 Å². The topological polar surface area (TPSA) is 38.8 Å². The van der Waals surface area contributed by atoms with Gasteiger partial charge in [0.2, 0.25) is 5.91 Å². The minimum absolute atomic E-state index is 0.00190. The molecule has 21 heavy (non-hydrogen) atoms. The molecule has 0 bridgehead atoms. The Morgan fingerprint density at radius 1 is 1.24 bits per heavy atom. The van der Waals surface area contributed by atoms with Gasteiger partial charge in [0.05, 0.1) is 19.8 Å². The molecule has 2 fully saturated rings. The smallest absolute Gasteiger partial charge is 0.224 e. The summed E-state index contributed by atoms with van der Waals surface area (Å²) in [5.74, 6) is 3.37. The van der Waals surface area contributed by atoms with E-state index in [0.29, 0.717) is 12.3 Å². The molecule has 1 amide bonds. The third-order valence-corrected chi connectivity index (χ3v) is 5.31. The van der Waals surface area contributed by atoms with Gasteiger partial charge in [0.15, 0.2) is 0 Å². The van der Waals surface area contributed by atoms with Crippen LogP contribution in [0.25, 0.3) is 0 Å². The van der Waals surface area contributed by atoms with Crippen molar-refractivity contribution in [2.24, 2.45) is 5.92 Å². The van der Waals surface area contributed by atoms with Crippen molar-refractivity contribution in [1.29, 1.82) is 0 Å². The zero-order valence-corrected chi connectivity index (χ0v) is 13.3. The van der Waals surface area contributed by atoms with E-state index < -0.39 is 0 Å². The van der Waals surface area contributed by atoms with Gasteiger partial charge in [0, 0.05) is 18.7 Å². The van der Waals surface area contributed by atoms with Crippen LogP contribution in [-0.2, 0) is 4.79 Å². The number of rotatable bonds is 5. The third-order valence-electron chi connectivity index (χ3n) is 4.06. The molecular formula is C16H21NO3S. The molecule has 2 aliphatic rings. The van der Waals surface area contributed by atoms with Gasteiger partial charge >= 0.3 is 0 Å². The number of hydrogen-bond donors (Lipinski definition) is 0. The van der Waals surface area contributed by atoms with Crippen LogP contribution < -0.4 is 9.47 Å². The quantitative estimate of drug-likeness (QED) is 0.838. The van der Waals surface area contributed by atoms with Crippen LogP contribution in [0.3, 0.4) is 0 Å². The molecule has 1 atom stereocenters. The first-order valence-electron chi connectivity index (χ1n) is 7.36. The van der Waals surface area contributed by atoms with Gasteiger partial charge in [-0.05, 0) is 30.9 Å². The molecule has 1 unspecified atom stereocenters. The largest absolute Gasteiger partial charge is 0.496 e. The zero-order chi connectivity index (χ0) is 14.8. The summed E-state index contributed by atoms with van der Waals surface area (Å²) in [7, 11) is 3.33. The third kappa shape index (κ3) is 2.98. The monoisotopic (exact) mass is 307 g/mol. The molecule has 0 spiro atoms. The van der Waals surface area contributed by atoms with Crippen LogP contribution in [-0.4, -0.2) is 37.3 Å². The molecule has 1 aliphatic carbocycles. The van der Waals surface area contributed by atoms with Crippen LogP contribution in [0.15, 0.2) is 18.2 Å². The molecule has 1 aromatic carbocycles. The lowest BCUT2D eigenvalue weighted by atomic mass is 10.1. The molecule has 0 aromatic heterocycles. The number of carbonyl (C=O) groups excluding carboxylic acids is 1. The standard InChI is InChI=1S/C16H21NO3S/c1-19-12-4-3-5-13(20-2)15(12)16-17(10-11-6-7-11)14(18)8-9-21-16/h3-5,11,16H,6-10H2,1-2H3. The number of thioether (sulfide) groups is 1. The number of nitrogens with zero attached hydrogens (tertiary/aromatic N) is 1. The first-order chi connectivity index (χ1) is 10.2. The van der Waals surface area contributed by atoms with E-state index in [1.807, 2.05) is 23.1 Å². The highest BCUT2D eigenvalue weighted by molar-refractivity contribution is 7.99. The van der Waals surface area contributed by atoms with Crippen molar-refractivity contribution in [3.8, 4) is 11.5 Å². The summed E-state index contributed by atoms with van der Waals surface area (Å²) >= 11 is 1.80. The van der Waals surface area contributed by atoms with E-state index >= 15 is 0 Å². The van der Waals surface area contributed by atoms with E-state index in [1.54, 1.807) is 26.0 Å². The molecule has 0 radical (unpaired) electrons. The van der Waals surface area contributed by atoms with Gasteiger partial charge < -0.3 is 14.4 Å². The lowest BCUT2D eigenvalue weighted by molar-refractivity contribution is -0.132. The Bertz CT molecular complexity index is 508. The van der Waals surface area contributed by atoms with E-state index in [4.69, 9.17) is 9.47 Å². The fourth-order valence-electron chi connectivity index (χ4n) is 2.76.